The quantitative estimate of drug-likeness (QED) is 0.685. The van der Waals surface area contributed by atoms with E-state index >= 15 is 0 Å². The lowest BCUT2D eigenvalue weighted by atomic mass is 10.0. The predicted molar refractivity (Wildman–Crippen MR) is 94.6 cm³/mol. The first-order chi connectivity index (χ1) is 11.6. The number of benzene rings is 1. The summed E-state index contributed by atoms with van der Waals surface area (Å²) >= 11 is 5.90. The van der Waals surface area contributed by atoms with Crippen LogP contribution in [-0.4, -0.2) is 19.7 Å². The third kappa shape index (κ3) is 3.12. The van der Waals surface area contributed by atoms with E-state index < -0.39 is 5.82 Å². The van der Waals surface area contributed by atoms with Crippen molar-refractivity contribution in [3.63, 3.8) is 0 Å². The van der Waals surface area contributed by atoms with Crippen LogP contribution in [0.4, 0.5) is 4.39 Å². The molecule has 0 atom stereocenters. The molecule has 1 aromatic carbocycles. The van der Waals surface area contributed by atoms with Crippen LogP contribution in [0, 0.1) is 5.82 Å². The third-order valence-corrected chi connectivity index (χ3v) is 3.81. The maximum absolute atomic E-state index is 13.4. The standard InChI is InChI=1S/C18H14ClFN4/c1-3-17-22-11-23-24(17)10-12(2)14-5-4-8-21-18(14)13-6-7-16(20)15(19)9-13/h3-11H,1H2,2H3/b12-10+. The molecular formula is C18H14ClFN4. The van der Waals surface area contributed by atoms with Gasteiger partial charge in [-0.3, -0.25) is 4.98 Å². The van der Waals surface area contributed by atoms with Crippen LogP contribution < -0.4 is 0 Å². The summed E-state index contributed by atoms with van der Waals surface area (Å²) in [7, 11) is 0. The van der Waals surface area contributed by atoms with Crippen molar-refractivity contribution in [2.75, 3.05) is 0 Å². The zero-order valence-corrected chi connectivity index (χ0v) is 13.7. The average Bonchev–Trinajstić information content (AvgIpc) is 3.04. The van der Waals surface area contributed by atoms with Gasteiger partial charge < -0.3 is 0 Å². The lowest BCUT2D eigenvalue weighted by Gasteiger charge is -2.10. The van der Waals surface area contributed by atoms with Gasteiger partial charge in [-0.2, -0.15) is 5.10 Å². The first kappa shape index (κ1) is 16.1. The van der Waals surface area contributed by atoms with Crippen LogP contribution in [0.25, 0.3) is 29.1 Å². The van der Waals surface area contributed by atoms with Gasteiger partial charge in [0.25, 0.3) is 0 Å². The predicted octanol–water partition coefficient (Wildman–Crippen LogP) is 4.79. The molecule has 3 rings (SSSR count). The molecule has 120 valence electrons. The van der Waals surface area contributed by atoms with Crippen molar-refractivity contribution in [1.82, 2.24) is 19.7 Å². The van der Waals surface area contributed by atoms with Crippen molar-refractivity contribution in [2.45, 2.75) is 6.92 Å². The Morgan fingerprint density at radius 3 is 2.88 bits per heavy atom. The summed E-state index contributed by atoms with van der Waals surface area (Å²) in [6.45, 7) is 5.66. The Morgan fingerprint density at radius 1 is 1.29 bits per heavy atom. The van der Waals surface area contributed by atoms with Gasteiger partial charge in [0.2, 0.25) is 0 Å². The summed E-state index contributed by atoms with van der Waals surface area (Å²) in [6.07, 6.45) is 6.62. The second-order valence-corrected chi connectivity index (χ2v) is 5.51. The summed E-state index contributed by atoms with van der Waals surface area (Å²) in [5.41, 5.74) is 3.28. The number of hydrogen-bond donors (Lipinski definition) is 0. The molecule has 0 amide bonds. The molecule has 2 heterocycles. The Kier molecular flexibility index (Phi) is 4.53. The molecule has 0 N–H and O–H groups in total. The Balaban J connectivity index is 2.09. The van der Waals surface area contributed by atoms with E-state index in [4.69, 9.17) is 11.6 Å². The second kappa shape index (κ2) is 6.76. The summed E-state index contributed by atoms with van der Waals surface area (Å²) in [6, 6.07) is 8.35. The van der Waals surface area contributed by atoms with Gasteiger partial charge in [-0.05, 0) is 42.8 Å². The first-order valence-corrected chi connectivity index (χ1v) is 7.59. The van der Waals surface area contributed by atoms with Gasteiger partial charge in [0.05, 0.1) is 10.7 Å². The molecule has 24 heavy (non-hydrogen) atoms. The van der Waals surface area contributed by atoms with E-state index in [9.17, 15) is 4.39 Å². The van der Waals surface area contributed by atoms with Crippen LogP contribution >= 0.6 is 11.6 Å². The van der Waals surface area contributed by atoms with Gasteiger partial charge in [0.1, 0.15) is 12.1 Å². The number of aromatic nitrogens is 4. The van der Waals surface area contributed by atoms with E-state index in [0.29, 0.717) is 11.5 Å². The van der Waals surface area contributed by atoms with Crippen LogP contribution in [0.2, 0.25) is 5.02 Å². The number of hydrogen-bond acceptors (Lipinski definition) is 3. The number of halogens is 2. The molecule has 0 saturated heterocycles. The van der Waals surface area contributed by atoms with Crippen molar-refractivity contribution in [2.24, 2.45) is 0 Å². The van der Waals surface area contributed by atoms with Crippen molar-refractivity contribution in [3.8, 4) is 11.3 Å². The highest BCUT2D eigenvalue weighted by Crippen LogP contribution is 2.29. The minimum absolute atomic E-state index is 0.0657. The zero-order valence-electron chi connectivity index (χ0n) is 12.9. The lowest BCUT2D eigenvalue weighted by molar-refractivity contribution is 0.628. The van der Waals surface area contributed by atoms with Gasteiger partial charge in [0.15, 0.2) is 5.82 Å². The molecule has 3 aromatic rings. The molecule has 0 aliphatic rings. The maximum Gasteiger partial charge on any atom is 0.154 e. The van der Waals surface area contributed by atoms with E-state index in [1.165, 1.54) is 12.4 Å². The highest BCUT2D eigenvalue weighted by Gasteiger charge is 2.11. The normalized spacial score (nSPS) is 11.5. The van der Waals surface area contributed by atoms with Crippen molar-refractivity contribution in [3.05, 3.63) is 71.7 Å². The third-order valence-electron chi connectivity index (χ3n) is 3.52. The second-order valence-electron chi connectivity index (χ2n) is 5.11. The molecule has 0 spiro atoms. The molecule has 0 saturated carbocycles. The summed E-state index contributed by atoms with van der Waals surface area (Å²) < 4.78 is 15.1. The van der Waals surface area contributed by atoms with Crippen LogP contribution in [0.15, 0.2) is 49.4 Å². The lowest BCUT2D eigenvalue weighted by Crippen LogP contribution is -1.96. The van der Waals surface area contributed by atoms with Crippen LogP contribution in [0.1, 0.15) is 18.3 Å². The Bertz CT molecular complexity index is 930. The SMILES string of the molecule is C=Cc1ncnn1/C=C(\C)c1cccnc1-c1ccc(F)c(Cl)c1. The van der Waals surface area contributed by atoms with Crippen molar-refractivity contribution >= 4 is 29.5 Å². The van der Waals surface area contributed by atoms with E-state index in [1.807, 2.05) is 25.3 Å². The topological polar surface area (TPSA) is 43.6 Å². The molecule has 2 aromatic heterocycles. The van der Waals surface area contributed by atoms with Crippen molar-refractivity contribution < 1.29 is 4.39 Å². The zero-order chi connectivity index (χ0) is 17.1. The Hall–Kier alpha value is -2.79. The maximum atomic E-state index is 13.4. The molecule has 0 aliphatic carbocycles. The highest BCUT2D eigenvalue weighted by atomic mass is 35.5. The van der Waals surface area contributed by atoms with E-state index in [1.54, 1.807) is 29.1 Å². The van der Waals surface area contributed by atoms with Gasteiger partial charge in [-0.15, -0.1) is 0 Å². The minimum Gasteiger partial charge on any atom is -0.256 e. The number of pyridine rings is 1. The summed E-state index contributed by atoms with van der Waals surface area (Å²) in [5.74, 6) is 0.188. The van der Waals surface area contributed by atoms with E-state index in [-0.39, 0.29) is 5.02 Å². The fourth-order valence-corrected chi connectivity index (χ4v) is 2.54. The Morgan fingerprint density at radius 2 is 2.12 bits per heavy atom. The fraction of sp³-hybridized carbons (Fsp3) is 0.0556. The van der Waals surface area contributed by atoms with Gasteiger partial charge in [-0.1, -0.05) is 24.2 Å². The van der Waals surface area contributed by atoms with Crippen LogP contribution in [-0.2, 0) is 0 Å². The van der Waals surface area contributed by atoms with Gasteiger partial charge >= 0.3 is 0 Å². The number of allylic oxidation sites excluding steroid dienone is 1. The number of nitrogens with zero attached hydrogens (tertiary/aromatic N) is 4. The van der Waals surface area contributed by atoms with Gasteiger partial charge in [-0.25, -0.2) is 14.1 Å². The monoisotopic (exact) mass is 340 g/mol. The first-order valence-electron chi connectivity index (χ1n) is 7.21. The van der Waals surface area contributed by atoms with Crippen LogP contribution in [0.5, 0.6) is 0 Å². The van der Waals surface area contributed by atoms with Gasteiger partial charge in [0, 0.05) is 23.5 Å². The Labute approximate surface area is 144 Å². The fourth-order valence-electron chi connectivity index (χ4n) is 2.35. The minimum atomic E-state index is -0.455. The molecule has 0 aliphatic heterocycles. The molecule has 0 fully saturated rings. The highest BCUT2D eigenvalue weighted by molar-refractivity contribution is 6.31. The molecule has 6 heteroatoms. The summed E-state index contributed by atoms with van der Waals surface area (Å²) in [5, 5.41) is 4.21. The smallest absolute Gasteiger partial charge is 0.154 e. The molecule has 0 unspecified atom stereocenters. The molecule has 0 bridgehead atoms. The number of rotatable bonds is 4. The summed E-state index contributed by atoms with van der Waals surface area (Å²) in [4.78, 5) is 8.52. The molecule has 4 nitrogen and oxygen atoms in total. The van der Waals surface area contributed by atoms with E-state index in [2.05, 4.69) is 21.6 Å². The van der Waals surface area contributed by atoms with E-state index in [0.717, 1.165) is 16.7 Å². The molecule has 0 radical (unpaired) electrons. The van der Waals surface area contributed by atoms with Crippen LogP contribution in [0.3, 0.4) is 0 Å². The molecular weight excluding hydrogens is 327 g/mol. The van der Waals surface area contributed by atoms with Crippen molar-refractivity contribution in [1.29, 1.82) is 0 Å². The average molecular weight is 341 g/mol. The largest absolute Gasteiger partial charge is 0.256 e.